The SMILES string of the molecule is O=[N+]([O-])c1cc(Cl)c(Cl)cc1NCC1CSCCS1. The van der Waals surface area contributed by atoms with E-state index < -0.39 is 4.92 Å². The summed E-state index contributed by atoms with van der Waals surface area (Å²) in [4.78, 5) is 10.5. The van der Waals surface area contributed by atoms with Crippen LogP contribution >= 0.6 is 46.7 Å². The quantitative estimate of drug-likeness (QED) is 0.659. The van der Waals surface area contributed by atoms with Crippen LogP contribution in [0.5, 0.6) is 0 Å². The van der Waals surface area contributed by atoms with E-state index in [4.69, 9.17) is 23.2 Å². The molecular weight excluding hydrogens is 327 g/mol. The Morgan fingerprint density at radius 1 is 1.37 bits per heavy atom. The first kappa shape index (κ1) is 15.1. The lowest BCUT2D eigenvalue weighted by atomic mass is 10.2. The summed E-state index contributed by atoms with van der Waals surface area (Å²) in [5.74, 6) is 3.36. The van der Waals surface area contributed by atoms with Gasteiger partial charge in [0, 0.05) is 35.1 Å². The smallest absolute Gasteiger partial charge is 0.293 e. The Bertz CT molecular complexity index is 482. The highest BCUT2D eigenvalue weighted by molar-refractivity contribution is 8.06. The van der Waals surface area contributed by atoms with Crippen LogP contribution in [0.4, 0.5) is 11.4 Å². The Labute approximate surface area is 129 Å². The molecule has 1 aliphatic rings. The van der Waals surface area contributed by atoms with Crippen molar-refractivity contribution in [2.24, 2.45) is 0 Å². The van der Waals surface area contributed by atoms with Crippen molar-refractivity contribution in [2.75, 3.05) is 29.1 Å². The number of nitrogens with zero attached hydrogens (tertiary/aromatic N) is 1. The summed E-state index contributed by atoms with van der Waals surface area (Å²) < 4.78 is 0. The van der Waals surface area contributed by atoms with Crippen LogP contribution in [0.25, 0.3) is 0 Å². The van der Waals surface area contributed by atoms with Gasteiger partial charge in [0.2, 0.25) is 0 Å². The van der Waals surface area contributed by atoms with Gasteiger partial charge in [-0.3, -0.25) is 10.1 Å². The van der Waals surface area contributed by atoms with E-state index in [1.807, 2.05) is 23.5 Å². The summed E-state index contributed by atoms with van der Waals surface area (Å²) in [6.07, 6.45) is 0. The van der Waals surface area contributed by atoms with Crippen molar-refractivity contribution >= 4 is 58.1 Å². The van der Waals surface area contributed by atoms with Crippen LogP contribution in [0.3, 0.4) is 0 Å². The predicted octanol–water partition coefficient (Wildman–Crippen LogP) is 4.16. The molecule has 1 heterocycles. The molecule has 1 aromatic carbocycles. The highest BCUT2D eigenvalue weighted by Gasteiger charge is 2.19. The van der Waals surface area contributed by atoms with Crippen LogP contribution in [0.1, 0.15) is 0 Å². The van der Waals surface area contributed by atoms with Crippen LogP contribution < -0.4 is 5.32 Å². The molecule has 1 aromatic rings. The number of hydrogen-bond donors (Lipinski definition) is 1. The maximum absolute atomic E-state index is 11.0. The lowest BCUT2D eigenvalue weighted by molar-refractivity contribution is -0.383. The molecule has 1 N–H and O–H groups in total. The Morgan fingerprint density at radius 2 is 2.11 bits per heavy atom. The van der Waals surface area contributed by atoms with Crippen LogP contribution in [-0.4, -0.2) is 34.0 Å². The molecule has 0 bridgehead atoms. The third kappa shape index (κ3) is 4.08. The zero-order valence-corrected chi connectivity index (χ0v) is 13.0. The molecule has 19 heavy (non-hydrogen) atoms. The molecule has 1 saturated heterocycles. The number of benzene rings is 1. The van der Waals surface area contributed by atoms with E-state index in [2.05, 4.69) is 5.32 Å². The molecule has 1 unspecified atom stereocenters. The number of thioether (sulfide) groups is 2. The number of hydrogen-bond acceptors (Lipinski definition) is 5. The molecular formula is C11H12Cl2N2O2S2. The van der Waals surface area contributed by atoms with Crippen LogP contribution in [0.2, 0.25) is 10.0 Å². The first-order valence-electron chi connectivity index (χ1n) is 5.64. The van der Waals surface area contributed by atoms with Gasteiger partial charge in [-0.2, -0.15) is 23.5 Å². The maximum atomic E-state index is 11.0. The molecule has 8 heteroatoms. The van der Waals surface area contributed by atoms with Crippen LogP contribution in [0, 0.1) is 10.1 Å². The van der Waals surface area contributed by atoms with Crippen LogP contribution in [-0.2, 0) is 0 Å². The molecule has 0 spiro atoms. The van der Waals surface area contributed by atoms with Crippen molar-refractivity contribution in [1.29, 1.82) is 0 Å². The summed E-state index contributed by atoms with van der Waals surface area (Å²) in [6, 6.07) is 2.80. The van der Waals surface area contributed by atoms with E-state index in [0.29, 0.717) is 22.5 Å². The Hall–Kier alpha value is -0.300. The number of rotatable bonds is 4. The summed E-state index contributed by atoms with van der Waals surface area (Å²) in [7, 11) is 0. The molecule has 104 valence electrons. The van der Waals surface area contributed by atoms with Gasteiger partial charge >= 0.3 is 0 Å². The standard InChI is InChI=1S/C11H12Cl2N2O2S2/c12-8-3-10(11(15(16)17)4-9(8)13)14-5-7-6-18-1-2-19-7/h3-4,7,14H,1-2,5-6H2. The number of nitrogens with one attached hydrogen (secondary N) is 1. The van der Waals surface area contributed by atoms with Gasteiger partial charge in [-0.25, -0.2) is 0 Å². The fourth-order valence-electron chi connectivity index (χ4n) is 1.71. The van der Waals surface area contributed by atoms with Gasteiger partial charge < -0.3 is 5.32 Å². The lowest BCUT2D eigenvalue weighted by Gasteiger charge is -2.21. The maximum Gasteiger partial charge on any atom is 0.293 e. The van der Waals surface area contributed by atoms with Gasteiger partial charge in [-0.05, 0) is 6.07 Å². The van der Waals surface area contributed by atoms with Crippen molar-refractivity contribution in [3.63, 3.8) is 0 Å². The number of halogens is 2. The molecule has 0 aromatic heterocycles. The predicted molar refractivity (Wildman–Crippen MR) is 85.2 cm³/mol. The minimum absolute atomic E-state index is 0.0390. The largest absolute Gasteiger partial charge is 0.378 e. The van der Waals surface area contributed by atoms with Crippen LogP contribution in [0.15, 0.2) is 12.1 Å². The van der Waals surface area contributed by atoms with Crippen molar-refractivity contribution in [3.05, 3.63) is 32.3 Å². The second kappa shape index (κ2) is 6.92. The minimum Gasteiger partial charge on any atom is -0.378 e. The average Bonchev–Trinajstić information content (AvgIpc) is 2.40. The van der Waals surface area contributed by atoms with E-state index in [9.17, 15) is 10.1 Å². The molecule has 0 radical (unpaired) electrons. The normalized spacial score (nSPS) is 19.2. The Morgan fingerprint density at radius 3 is 2.74 bits per heavy atom. The van der Waals surface area contributed by atoms with Crippen molar-refractivity contribution in [2.45, 2.75) is 5.25 Å². The molecule has 1 aliphatic heterocycles. The summed E-state index contributed by atoms with van der Waals surface area (Å²) in [6.45, 7) is 0.691. The minimum atomic E-state index is -0.451. The van der Waals surface area contributed by atoms with Gasteiger partial charge in [0.05, 0.1) is 15.0 Å². The molecule has 1 fully saturated rings. The third-order valence-electron chi connectivity index (χ3n) is 2.64. The number of nitro groups is 1. The first-order chi connectivity index (χ1) is 9.08. The fraction of sp³-hybridized carbons (Fsp3) is 0.455. The van der Waals surface area contributed by atoms with Gasteiger partial charge in [0.25, 0.3) is 5.69 Å². The topological polar surface area (TPSA) is 55.2 Å². The second-order valence-corrected chi connectivity index (χ2v) is 7.36. The highest BCUT2D eigenvalue weighted by Crippen LogP contribution is 2.34. The first-order valence-corrected chi connectivity index (χ1v) is 8.60. The number of nitro benzene ring substituents is 1. The molecule has 0 amide bonds. The van der Waals surface area contributed by atoms with E-state index in [1.54, 1.807) is 0 Å². The van der Waals surface area contributed by atoms with Gasteiger partial charge in [0.1, 0.15) is 5.69 Å². The van der Waals surface area contributed by atoms with E-state index in [-0.39, 0.29) is 10.7 Å². The lowest BCUT2D eigenvalue weighted by Crippen LogP contribution is -2.23. The van der Waals surface area contributed by atoms with Gasteiger partial charge in [0.15, 0.2) is 0 Å². The van der Waals surface area contributed by atoms with Gasteiger partial charge in [-0.1, -0.05) is 23.2 Å². The summed E-state index contributed by atoms with van der Waals surface area (Å²) >= 11 is 15.5. The Balaban J connectivity index is 2.09. The third-order valence-corrected chi connectivity index (χ3v) is 6.21. The van der Waals surface area contributed by atoms with E-state index in [0.717, 1.165) is 11.5 Å². The number of anilines is 1. The molecule has 0 saturated carbocycles. The molecule has 1 atom stereocenters. The molecule has 4 nitrogen and oxygen atoms in total. The van der Waals surface area contributed by atoms with Crippen molar-refractivity contribution in [1.82, 2.24) is 0 Å². The van der Waals surface area contributed by atoms with Crippen molar-refractivity contribution < 1.29 is 4.92 Å². The molecule has 0 aliphatic carbocycles. The monoisotopic (exact) mass is 338 g/mol. The Kier molecular flexibility index (Phi) is 5.50. The highest BCUT2D eigenvalue weighted by atomic mass is 35.5. The second-order valence-electron chi connectivity index (χ2n) is 3.99. The van der Waals surface area contributed by atoms with E-state index >= 15 is 0 Å². The zero-order valence-electron chi connectivity index (χ0n) is 9.90. The summed E-state index contributed by atoms with van der Waals surface area (Å²) in [5, 5.41) is 15.1. The zero-order chi connectivity index (χ0) is 13.8. The van der Waals surface area contributed by atoms with E-state index in [1.165, 1.54) is 17.9 Å². The molecule has 2 rings (SSSR count). The van der Waals surface area contributed by atoms with Gasteiger partial charge in [-0.15, -0.1) is 0 Å². The van der Waals surface area contributed by atoms with Crippen molar-refractivity contribution in [3.8, 4) is 0 Å². The fourth-order valence-corrected chi connectivity index (χ4v) is 4.64. The summed E-state index contributed by atoms with van der Waals surface area (Å²) in [5.41, 5.74) is 0.387. The average molecular weight is 339 g/mol.